The zero-order chi connectivity index (χ0) is 12.3. The Morgan fingerprint density at radius 2 is 2.24 bits per heavy atom. The molecule has 0 aromatic rings. The molecule has 0 saturated carbocycles. The zero-order valence-electron chi connectivity index (χ0n) is 10.1. The maximum Gasteiger partial charge on any atom is 0.302 e. The van der Waals surface area contributed by atoms with Gasteiger partial charge in [0.1, 0.15) is 11.9 Å². The van der Waals surface area contributed by atoms with E-state index < -0.39 is 0 Å². The Morgan fingerprint density at radius 1 is 1.41 bits per heavy atom. The molecular formula is C13H18O3S. The molecule has 2 heterocycles. The second kappa shape index (κ2) is 5.71. The first-order chi connectivity index (χ1) is 8.16. The quantitative estimate of drug-likeness (QED) is 0.532. The Labute approximate surface area is 106 Å². The number of Topliss-reactive ketones (excluding diaryl/α,β-unsaturated/α-hetero) is 1. The topological polar surface area (TPSA) is 43.4 Å². The van der Waals surface area contributed by atoms with Crippen LogP contribution in [-0.4, -0.2) is 28.4 Å². The number of carbonyl (C=O) groups is 2. The van der Waals surface area contributed by atoms with Crippen LogP contribution in [0.5, 0.6) is 0 Å². The summed E-state index contributed by atoms with van der Waals surface area (Å²) in [6, 6.07) is 0. The van der Waals surface area contributed by atoms with Gasteiger partial charge in [-0.1, -0.05) is 12.2 Å². The molecule has 2 aliphatic heterocycles. The predicted octanol–water partition coefficient (Wildman–Crippen LogP) is 2.49. The van der Waals surface area contributed by atoms with Gasteiger partial charge in [-0.2, -0.15) is 0 Å². The average Bonchev–Trinajstić information content (AvgIpc) is 2.35. The number of ketones is 1. The summed E-state index contributed by atoms with van der Waals surface area (Å²) < 4.78 is 5.40. The summed E-state index contributed by atoms with van der Waals surface area (Å²) in [6.45, 7) is 1.46. The third-order valence-electron chi connectivity index (χ3n) is 3.24. The lowest BCUT2D eigenvalue weighted by Crippen LogP contribution is -2.36. The number of thioether (sulfide) groups is 1. The van der Waals surface area contributed by atoms with Crippen molar-refractivity contribution in [2.45, 2.75) is 55.6 Å². The van der Waals surface area contributed by atoms with Crippen LogP contribution in [0.15, 0.2) is 12.2 Å². The summed E-state index contributed by atoms with van der Waals surface area (Å²) in [4.78, 5) is 22.9. The van der Waals surface area contributed by atoms with E-state index in [1.165, 1.54) is 6.92 Å². The standard InChI is InChI=1S/C13H18O3S/c1-9(14)16-11-5-3-2-4-6-12-10(15)7-8-13(11)17-12/h2,4,11-13H,3,5-8H2,1H3/b4-2-. The zero-order valence-corrected chi connectivity index (χ0v) is 10.9. The van der Waals surface area contributed by atoms with Gasteiger partial charge in [-0.3, -0.25) is 9.59 Å². The molecule has 0 spiro atoms. The van der Waals surface area contributed by atoms with Gasteiger partial charge in [-0.05, 0) is 25.7 Å². The minimum atomic E-state index is -0.215. The highest BCUT2D eigenvalue weighted by Crippen LogP contribution is 2.36. The number of fused-ring (bicyclic) bond motifs is 2. The highest BCUT2D eigenvalue weighted by molar-refractivity contribution is 8.01. The predicted molar refractivity (Wildman–Crippen MR) is 68.0 cm³/mol. The molecule has 17 heavy (non-hydrogen) atoms. The molecule has 3 nitrogen and oxygen atoms in total. The molecule has 0 aromatic carbocycles. The maximum absolute atomic E-state index is 11.7. The lowest BCUT2D eigenvalue weighted by Gasteiger charge is -2.31. The van der Waals surface area contributed by atoms with Crippen LogP contribution in [0.3, 0.4) is 0 Å². The lowest BCUT2D eigenvalue weighted by atomic mass is 10.0. The highest BCUT2D eigenvalue weighted by Gasteiger charge is 2.34. The molecule has 2 bridgehead atoms. The second-order valence-corrected chi connectivity index (χ2v) is 6.05. The lowest BCUT2D eigenvalue weighted by molar-refractivity contribution is -0.146. The first-order valence-corrected chi connectivity index (χ1v) is 7.11. The summed E-state index contributed by atoms with van der Waals surface area (Å²) in [5, 5.41) is 0.364. The van der Waals surface area contributed by atoms with Crippen LogP contribution in [0.4, 0.5) is 0 Å². The summed E-state index contributed by atoms with van der Waals surface area (Å²) in [5.41, 5.74) is 0. The number of rotatable bonds is 1. The fraction of sp³-hybridized carbons (Fsp3) is 0.692. The van der Waals surface area contributed by atoms with Crippen LogP contribution in [0, 0.1) is 0 Å². The third kappa shape index (κ3) is 3.35. The van der Waals surface area contributed by atoms with E-state index in [9.17, 15) is 9.59 Å². The summed E-state index contributed by atoms with van der Waals surface area (Å²) in [6.07, 6.45) is 8.26. The Balaban J connectivity index is 2.09. The van der Waals surface area contributed by atoms with Crippen LogP contribution in [0.2, 0.25) is 0 Å². The number of ether oxygens (including phenoxy) is 1. The van der Waals surface area contributed by atoms with E-state index in [1.54, 1.807) is 11.8 Å². The summed E-state index contributed by atoms with van der Waals surface area (Å²) in [7, 11) is 0. The number of carbonyl (C=O) groups excluding carboxylic acids is 2. The van der Waals surface area contributed by atoms with Gasteiger partial charge in [0.25, 0.3) is 0 Å². The first-order valence-electron chi connectivity index (χ1n) is 6.17. The van der Waals surface area contributed by atoms with Crippen molar-refractivity contribution in [1.29, 1.82) is 0 Å². The van der Waals surface area contributed by atoms with Gasteiger partial charge in [0.15, 0.2) is 0 Å². The summed E-state index contributed by atoms with van der Waals surface area (Å²) in [5.74, 6) is 0.131. The van der Waals surface area contributed by atoms with Crippen LogP contribution < -0.4 is 0 Å². The van der Waals surface area contributed by atoms with Crippen LogP contribution in [0.1, 0.15) is 39.0 Å². The molecule has 0 radical (unpaired) electrons. The van der Waals surface area contributed by atoms with Crippen molar-refractivity contribution >= 4 is 23.5 Å². The maximum atomic E-state index is 11.7. The second-order valence-electron chi connectivity index (χ2n) is 4.60. The molecule has 2 rings (SSSR count). The smallest absolute Gasteiger partial charge is 0.302 e. The molecule has 2 aliphatic rings. The van der Waals surface area contributed by atoms with E-state index in [4.69, 9.17) is 4.74 Å². The molecule has 0 aromatic heterocycles. The van der Waals surface area contributed by atoms with Crippen LogP contribution in [-0.2, 0) is 14.3 Å². The molecule has 3 atom stereocenters. The molecule has 0 N–H and O–H groups in total. The minimum absolute atomic E-state index is 0.0316. The van der Waals surface area contributed by atoms with Crippen molar-refractivity contribution < 1.29 is 14.3 Å². The van der Waals surface area contributed by atoms with Gasteiger partial charge in [0, 0.05) is 18.6 Å². The van der Waals surface area contributed by atoms with Crippen molar-refractivity contribution in [3.8, 4) is 0 Å². The fourth-order valence-corrected chi connectivity index (χ4v) is 3.93. The van der Waals surface area contributed by atoms with Gasteiger partial charge in [0.05, 0.1) is 5.25 Å². The van der Waals surface area contributed by atoms with E-state index in [0.29, 0.717) is 17.5 Å². The first kappa shape index (κ1) is 12.7. The fourth-order valence-electron chi connectivity index (χ4n) is 2.39. The number of hydrogen-bond acceptors (Lipinski definition) is 4. The largest absolute Gasteiger partial charge is 0.461 e. The van der Waals surface area contributed by atoms with Gasteiger partial charge >= 0.3 is 5.97 Å². The molecule has 1 fully saturated rings. The van der Waals surface area contributed by atoms with E-state index in [-0.39, 0.29) is 17.3 Å². The molecule has 0 aliphatic carbocycles. The van der Waals surface area contributed by atoms with Gasteiger partial charge in [-0.15, -0.1) is 11.8 Å². The Kier molecular flexibility index (Phi) is 4.26. The van der Waals surface area contributed by atoms with E-state index in [2.05, 4.69) is 12.2 Å². The molecular weight excluding hydrogens is 236 g/mol. The van der Waals surface area contributed by atoms with Crippen molar-refractivity contribution in [1.82, 2.24) is 0 Å². The Bertz CT molecular complexity index is 338. The average molecular weight is 254 g/mol. The highest BCUT2D eigenvalue weighted by atomic mass is 32.2. The van der Waals surface area contributed by atoms with Crippen molar-refractivity contribution in [2.24, 2.45) is 0 Å². The number of allylic oxidation sites excluding steroid dienone is 2. The molecule has 4 heteroatoms. The van der Waals surface area contributed by atoms with Gasteiger partial charge in [-0.25, -0.2) is 0 Å². The number of hydrogen-bond donors (Lipinski definition) is 0. The van der Waals surface area contributed by atoms with Crippen LogP contribution >= 0.6 is 11.8 Å². The van der Waals surface area contributed by atoms with Crippen molar-refractivity contribution in [2.75, 3.05) is 0 Å². The SMILES string of the molecule is CC(=O)OC1CC/C=C\CC2SC1CCC2=O. The van der Waals surface area contributed by atoms with Gasteiger partial charge < -0.3 is 4.74 Å². The number of esters is 1. The molecule has 0 amide bonds. The van der Waals surface area contributed by atoms with E-state index in [1.807, 2.05) is 0 Å². The monoisotopic (exact) mass is 254 g/mol. The normalized spacial score (nSPS) is 35.4. The van der Waals surface area contributed by atoms with Crippen molar-refractivity contribution in [3.63, 3.8) is 0 Å². The minimum Gasteiger partial charge on any atom is -0.461 e. The van der Waals surface area contributed by atoms with Gasteiger partial charge in [0.2, 0.25) is 0 Å². The third-order valence-corrected chi connectivity index (χ3v) is 4.91. The Hall–Kier alpha value is -0.770. The molecule has 1 saturated heterocycles. The van der Waals surface area contributed by atoms with Crippen LogP contribution in [0.25, 0.3) is 0 Å². The Morgan fingerprint density at radius 3 is 3.00 bits per heavy atom. The van der Waals surface area contributed by atoms with E-state index >= 15 is 0 Å². The molecule has 94 valence electrons. The summed E-state index contributed by atoms with van der Waals surface area (Å²) >= 11 is 1.70. The van der Waals surface area contributed by atoms with E-state index in [0.717, 1.165) is 25.7 Å². The van der Waals surface area contributed by atoms with Crippen molar-refractivity contribution in [3.05, 3.63) is 12.2 Å². The molecule has 3 unspecified atom stereocenters.